The third-order valence-corrected chi connectivity index (χ3v) is 4.10. The molecule has 7 N–H and O–H groups in total. The number of hydrogen-bond donors (Lipinski definition) is 6. The molecule has 0 aromatic rings. The van der Waals surface area contributed by atoms with Gasteiger partial charge in [-0.15, -0.1) is 0 Å². The van der Waals surface area contributed by atoms with Gasteiger partial charge in [0.1, 0.15) is 18.1 Å². The number of nitrogens with one attached hydrogen (secondary N) is 3. The molecule has 0 aromatic carbocycles. The predicted molar refractivity (Wildman–Crippen MR) is 98.0 cm³/mol. The summed E-state index contributed by atoms with van der Waals surface area (Å²) in [5.74, 6) is -3.97. The van der Waals surface area contributed by atoms with Crippen molar-refractivity contribution in [2.45, 2.75) is 44.3 Å². The van der Waals surface area contributed by atoms with Gasteiger partial charge in [0.05, 0.1) is 6.54 Å². The van der Waals surface area contributed by atoms with Crippen LogP contribution in [0.2, 0.25) is 0 Å². The zero-order valence-corrected chi connectivity index (χ0v) is 16.0. The molecule has 3 atom stereocenters. The molecule has 0 spiro atoms. The van der Waals surface area contributed by atoms with Crippen molar-refractivity contribution in [3.63, 3.8) is 0 Å². The predicted octanol–water partition coefficient (Wildman–Crippen LogP) is -1.88. The molecule has 3 amide bonds. The number of carboxylic acids is 2. The van der Waals surface area contributed by atoms with E-state index in [0.717, 1.165) is 0 Å². The van der Waals surface area contributed by atoms with Crippen LogP contribution in [-0.4, -0.2) is 76.6 Å². The van der Waals surface area contributed by atoms with E-state index in [4.69, 9.17) is 15.9 Å². The first-order valence-electron chi connectivity index (χ1n) is 8.16. The number of aliphatic carboxylic acids is 2. The van der Waals surface area contributed by atoms with Crippen molar-refractivity contribution in [2.24, 2.45) is 5.73 Å². The zero-order valence-electron chi connectivity index (χ0n) is 15.2. The van der Waals surface area contributed by atoms with Crippen LogP contribution in [0.15, 0.2) is 0 Å². The minimum Gasteiger partial charge on any atom is -0.481 e. The van der Waals surface area contributed by atoms with Gasteiger partial charge < -0.3 is 31.9 Å². The van der Waals surface area contributed by atoms with Crippen LogP contribution in [0.3, 0.4) is 0 Å². The van der Waals surface area contributed by atoms with Gasteiger partial charge in [0, 0.05) is 6.42 Å². The summed E-state index contributed by atoms with van der Waals surface area (Å²) in [6.45, 7) is 0.918. The maximum absolute atomic E-state index is 12.5. The van der Waals surface area contributed by atoms with Crippen LogP contribution in [0.4, 0.5) is 0 Å². The first-order chi connectivity index (χ1) is 12.6. The molecule has 3 unspecified atom stereocenters. The molecule has 0 aliphatic carbocycles. The van der Waals surface area contributed by atoms with E-state index >= 15 is 0 Å². The molecule has 0 radical (unpaired) electrons. The Morgan fingerprint density at radius 3 is 2.00 bits per heavy atom. The molecular weight excluding hydrogens is 380 g/mol. The van der Waals surface area contributed by atoms with Gasteiger partial charge >= 0.3 is 11.9 Å². The molecule has 0 aliphatic rings. The molecule has 12 heteroatoms. The van der Waals surface area contributed by atoms with Crippen molar-refractivity contribution in [3.05, 3.63) is 0 Å². The van der Waals surface area contributed by atoms with Crippen molar-refractivity contribution >= 4 is 41.4 Å². The van der Waals surface area contributed by atoms with Gasteiger partial charge in [0.15, 0.2) is 0 Å². The lowest BCUT2D eigenvalue weighted by atomic mass is 10.1. The minimum atomic E-state index is -1.28. The normalized spacial score (nSPS) is 13.7. The van der Waals surface area contributed by atoms with Crippen LogP contribution in [0, 0.1) is 0 Å². The van der Waals surface area contributed by atoms with Crippen LogP contribution in [0.5, 0.6) is 0 Å². The fourth-order valence-corrected chi connectivity index (χ4v) is 2.41. The van der Waals surface area contributed by atoms with Crippen molar-refractivity contribution < 1.29 is 34.2 Å². The molecule has 27 heavy (non-hydrogen) atoms. The van der Waals surface area contributed by atoms with Gasteiger partial charge in [-0.3, -0.25) is 24.0 Å². The summed E-state index contributed by atoms with van der Waals surface area (Å²) in [4.78, 5) is 57.8. The van der Waals surface area contributed by atoms with E-state index < -0.39 is 54.2 Å². The average Bonchev–Trinajstić information content (AvgIpc) is 2.60. The smallest absolute Gasteiger partial charge is 0.325 e. The van der Waals surface area contributed by atoms with Crippen LogP contribution < -0.4 is 21.7 Å². The Kier molecular flexibility index (Phi) is 11.8. The Labute approximate surface area is 160 Å². The highest BCUT2D eigenvalue weighted by Crippen LogP contribution is 2.04. The Balaban J connectivity index is 5.18. The number of hydrogen-bond acceptors (Lipinski definition) is 7. The topological polar surface area (TPSA) is 188 Å². The molecule has 0 rings (SSSR count). The standard InChI is InChI=1S/C15H26N4O7S/c1-8(15(25)26)17-13(23)9(3-4-12(21)22)19-14(24)10(5-6-27-2)18-11(20)7-16/h8-10H,3-7,16H2,1-2H3,(H,17,23)(H,18,20)(H,19,24)(H,21,22)(H,25,26). The monoisotopic (exact) mass is 406 g/mol. The third-order valence-electron chi connectivity index (χ3n) is 3.46. The molecule has 154 valence electrons. The van der Waals surface area contributed by atoms with Gasteiger partial charge in [0.25, 0.3) is 0 Å². The summed E-state index contributed by atoms with van der Waals surface area (Å²) in [5, 5.41) is 24.7. The number of amides is 3. The van der Waals surface area contributed by atoms with Crippen LogP contribution in [0.1, 0.15) is 26.2 Å². The van der Waals surface area contributed by atoms with E-state index in [1.807, 2.05) is 6.26 Å². The second-order valence-electron chi connectivity index (χ2n) is 5.67. The van der Waals surface area contributed by atoms with E-state index in [9.17, 15) is 24.0 Å². The Morgan fingerprint density at radius 1 is 0.963 bits per heavy atom. The van der Waals surface area contributed by atoms with E-state index in [-0.39, 0.29) is 19.4 Å². The first-order valence-corrected chi connectivity index (χ1v) is 9.55. The second kappa shape index (κ2) is 12.9. The molecule has 0 heterocycles. The van der Waals surface area contributed by atoms with Crippen LogP contribution in [0.25, 0.3) is 0 Å². The van der Waals surface area contributed by atoms with E-state index in [2.05, 4.69) is 16.0 Å². The van der Waals surface area contributed by atoms with Gasteiger partial charge in [-0.2, -0.15) is 11.8 Å². The molecule has 0 bridgehead atoms. The number of nitrogens with two attached hydrogens (primary N) is 1. The maximum Gasteiger partial charge on any atom is 0.325 e. The lowest BCUT2D eigenvalue weighted by Crippen LogP contribution is -2.56. The third kappa shape index (κ3) is 10.4. The van der Waals surface area contributed by atoms with Gasteiger partial charge in [-0.1, -0.05) is 0 Å². The highest BCUT2D eigenvalue weighted by Gasteiger charge is 2.28. The Morgan fingerprint density at radius 2 is 1.52 bits per heavy atom. The van der Waals surface area contributed by atoms with Crippen molar-refractivity contribution in [2.75, 3.05) is 18.6 Å². The zero-order chi connectivity index (χ0) is 21.0. The Bertz CT molecular complexity index is 558. The molecule has 0 fully saturated rings. The lowest BCUT2D eigenvalue weighted by molar-refractivity contribution is -0.142. The van der Waals surface area contributed by atoms with Gasteiger partial charge in [-0.25, -0.2) is 0 Å². The highest BCUT2D eigenvalue weighted by atomic mass is 32.2. The minimum absolute atomic E-state index is 0.237. The molecular formula is C15H26N4O7S. The largest absolute Gasteiger partial charge is 0.481 e. The fraction of sp³-hybridized carbons (Fsp3) is 0.667. The summed E-state index contributed by atoms with van der Waals surface area (Å²) in [5.41, 5.74) is 5.23. The Hall–Kier alpha value is -2.34. The van der Waals surface area contributed by atoms with E-state index in [1.165, 1.54) is 18.7 Å². The maximum atomic E-state index is 12.5. The molecule has 0 saturated heterocycles. The summed E-state index contributed by atoms with van der Waals surface area (Å²) in [7, 11) is 0. The summed E-state index contributed by atoms with van der Waals surface area (Å²) in [6.07, 6.45) is 1.44. The van der Waals surface area contributed by atoms with Crippen molar-refractivity contribution in [1.29, 1.82) is 0 Å². The fourth-order valence-electron chi connectivity index (χ4n) is 1.94. The number of rotatable bonds is 13. The quantitative estimate of drug-likeness (QED) is 0.203. The van der Waals surface area contributed by atoms with E-state index in [1.54, 1.807) is 0 Å². The summed E-state index contributed by atoms with van der Waals surface area (Å²) < 4.78 is 0. The number of carboxylic acid groups (broad SMARTS) is 2. The van der Waals surface area contributed by atoms with Crippen molar-refractivity contribution in [3.8, 4) is 0 Å². The summed E-state index contributed by atoms with van der Waals surface area (Å²) in [6, 6.07) is -3.43. The van der Waals surface area contributed by atoms with Crippen molar-refractivity contribution in [1.82, 2.24) is 16.0 Å². The average molecular weight is 406 g/mol. The molecule has 0 saturated carbocycles. The van der Waals surface area contributed by atoms with Gasteiger partial charge in [-0.05, 0) is 31.8 Å². The molecule has 0 aromatic heterocycles. The number of carbonyl (C=O) groups is 5. The van der Waals surface area contributed by atoms with Crippen LogP contribution >= 0.6 is 11.8 Å². The number of carbonyl (C=O) groups excluding carboxylic acids is 3. The van der Waals surface area contributed by atoms with Crippen LogP contribution in [-0.2, 0) is 24.0 Å². The highest BCUT2D eigenvalue weighted by molar-refractivity contribution is 7.98. The number of thioether (sulfide) groups is 1. The molecule has 11 nitrogen and oxygen atoms in total. The lowest BCUT2D eigenvalue weighted by Gasteiger charge is -2.23. The SMILES string of the molecule is CSCCC(NC(=O)CN)C(=O)NC(CCC(=O)O)C(=O)NC(C)C(=O)O. The van der Waals surface area contributed by atoms with E-state index in [0.29, 0.717) is 5.75 Å². The second-order valence-corrected chi connectivity index (χ2v) is 6.65. The molecule has 0 aliphatic heterocycles. The first kappa shape index (κ1) is 24.7. The summed E-state index contributed by atoms with van der Waals surface area (Å²) >= 11 is 1.45. The van der Waals surface area contributed by atoms with Gasteiger partial charge in [0.2, 0.25) is 17.7 Å².